The van der Waals surface area contributed by atoms with Crippen LogP contribution in [0.2, 0.25) is 0 Å². The fraction of sp³-hybridized carbons (Fsp3) is 0.227. The summed E-state index contributed by atoms with van der Waals surface area (Å²) >= 11 is 0. The third-order valence-electron chi connectivity index (χ3n) is 5.10. The number of ether oxygens (including phenoxy) is 1. The van der Waals surface area contributed by atoms with Crippen molar-refractivity contribution in [1.82, 2.24) is 19.5 Å². The summed E-state index contributed by atoms with van der Waals surface area (Å²) in [6, 6.07) is 18.1. The molecule has 0 bridgehead atoms. The first-order valence-electron chi connectivity index (χ1n) is 9.73. The van der Waals surface area contributed by atoms with E-state index >= 15 is 0 Å². The number of benzene rings is 2. The SMILES string of the molecule is Nc1cccc(-c2nc(N3CCOCC3)nc3c2ncn3Cc2ccccc2)c1. The van der Waals surface area contributed by atoms with Crippen LogP contribution in [0.4, 0.5) is 11.6 Å². The van der Waals surface area contributed by atoms with E-state index in [1.165, 1.54) is 5.56 Å². The molecule has 0 radical (unpaired) electrons. The zero-order valence-electron chi connectivity index (χ0n) is 16.0. The molecule has 0 aliphatic carbocycles. The summed E-state index contributed by atoms with van der Waals surface area (Å²) < 4.78 is 7.57. The molecule has 0 amide bonds. The standard InChI is InChI=1S/C22H22N6O/c23-18-8-4-7-17(13-18)19-20-21(26-22(25-19)27-9-11-29-12-10-27)28(15-24-20)14-16-5-2-1-3-6-16/h1-8,13,15H,9-12,14,23H2. The van der Waals surface area contributed by atoms with Crippen molar-refractivity contribution in [1.29, 1.82) is 0 Å². The van der Waals surface area contributed by atoms with Gasteiger partial charge in [0.05, 0.1) is 26.1 Å². The highest BCUT2D eigenvalue weighted by Gasteiger charge is 2.20. The summed E-state index contributed by atoms with van der Waals surface area (Å²) in [6.45, 7) is 3.60. The van der Waals surface area contributed by atoms with Crippen molar-refractivity contribution in [3.8, 4) is 11.3 Å². The highest BCUT2D eigenvalue weighted by molar-refractivity contribution is 5.89. The number of nitrogen functional groups attached to an aromatic ring is 1. The Balaban J connectivity index is 1.66. The predicted octanol–water partition coefficient (Wildman–Crippen LogP) is 2.96. The van der Waals surface area contributed by atoms with Gasteiger partial charge in [0.15, 0.2) is 5.65 Å². The second-order valence-corrected chi connectivity index (χ2v) is 7.13. The maximum atomic E-state index is 6.03. The van der Waals surface area contributed by atoms with Crippen LogP contribution in [0.3, 0.4) is 0 Å². The Labute approximate surface area is 168 Å². The van der Waals surface area contributed by atoms with Crippen molar-refractivity contribution in [2.24, 2.45) is 0 Å². The molecule has 1 aliphatic rings. The largest absolute Gasteiger partial charge is 0.399 e. The quantitative estimate of drug-likeness (QED) is 0.543. The van der Waals surface area contributed by atoms with Gasteiger partial charge < -0.3 is 19.9 Å². The fourth-order valence-electron chi connectivity index (χ4n) is 3.62. The Bertz CT molecular complexity index is 1130. The second kappa shape index (κ2) is 7.52. The van der Waals surface area contributed by atoms with Gasteiger partial charge in [-0.15, -0.1) is 0 Å². The summed E-state index contributed by atoms with van der Waals surface area (Å²) in [6.07, 6.45) is 1.84. The molecule has 0 saturated carbocycles. The van der Waals surface area contributed by atoms with Crippen LogP contribution in [0.25, 0.3) is 22.4 Å². The molecule has 5 rings (SSSR count). The lowest BCUT2D eigenvalue weighted by molar-refractivity contribution is 0.122. The van der Waals surface area contributed by atoms with Crippen molar-refractivity contribution in [3.05, 3.63) is 66.5 Å². The lowest BCUT2D eigenvalue weighted by Gasteiger charge is -2.27. The highest BCUT2D eigenvalue weighted by Crippen LogP contribution is 2.29. The molecular weight excluding hydrogens is 364 g/mol. The van der Waals surface area contributed by atoms with E-state index in [0.717, 1.165) is 35.5 Å². The first-order chi connectivity index (χ1) is 14.3. The fourth-order valence-corrected chi connectivity index (χ4v) is 3.62. The van der Waals surface area contributed by atoms with Crippen LogP contribution in [0, 0.1) is 0 Å². The summed E-state index contributed by atoms with van der Waals surface area (Å²) in [4.78, 5) is 16.6. The molecule has 0 atom stereocenters. The third kappa shape index (κ3) is 3.52. The third-order valence-corrected chi connectivity index (χ3v) is 5.10. The van der Waals surface area contributed by atoms with E-state index < -0.39 is 0 Å². The van der Waals surface area contributed by atoms with Crippen LogP contribution in [-0.4, -0.2) is 45.8 Å². The van der Waals surface area contributed by atoms with Crippen LogP contribution >= 0.6 is 0 Å². The molecule has 1 fully saturated rings. The van der Waals surface area contributed by atoms with Gasteiger partial charge >= 0.3 is 0 Å². The topological polar surface area (TPSA) is 82.1 Å². The molecule has 1 aliphatic heterocycles. The van der Waals surface area contributed by atoms with Crippen LogP contribution in [-0.2, 0) is 11.3 Å². The van der Waals surface area contributed by atoms with E-state index in [9.17, 15) is 0 Å². The molecule has 1 saturated heterocycles. The summed E-state index contributed by atoms with van der Waals surface area (Å²) in [5.41, 5.74) is 11.3. The monoisotopic (exact) mass is 386 g/mol. The molecule has 2 aromatic carbocycles. The van der Waals surface area contributed by atoms with Gasteiger partial charge in [-0.3, -0.25) is 0 Å². The Hall–Kier alpha value is -3.45. The number of aromatic nitrogens is 4. The number of hydrogen-bond donors (Lipinski definition) is 1. The number of morpholine rings is 1. The zero-order chi connectivity index (χ0) is 19.6. The van der Waals surface area contributed by atoms with E-state index in [0.29, 0.717) is 31.4 Å². The number of nitrogens with zero attached hydrogens (tertiary/aromatic N) is 5. The van der Waals surface area contributed by atoms with Crippen molar-refractivity contribution < 1.29 is 4.74 Å². The Kier molecular flexibility index (Phi) is 4.57. The van der Waals surface area contributed by atoms with Crippen molar-refractivity contribution in [2.75, 3.05) is 36.9 Å². The minimum Gasteiger partial charge on any atom is -0.399 e. The van der Waals surface area contributed by atoms with Crippen LogP contribution in [0.15, 0.2) is 60.9 Å². The van der Waals surface area contributed by atoms with E-state index in [2.05, 4.69) is 26.6 Å². The lowest BCUT2D eigenvalue weighted by atomic mass is 10.1. The first-order valence-corrected chi connectivity index (χ1v) is 9.73. The highest BCUT2D eigenvalue weighted by atomic mass is 16.5. The molecule has 3 heterocycles. The lowest BCUT2D eigenvalue weighted by Crippen LogP contribution is -2.37. The normalized spacial score (nSPS) is 14.4. The number of imidazole rings is 1. The predicted molar refractivity (Wildman–Crippen MR) is 114 cm³/mol. The number of hydrogen-bond acceptors (Lipinski definition) is 6. The second-order valence-electron chi connectivity index (χ2n) is 7.13. The van der Waals surface area contributed by atoms with Gasteiger partial charge in [-0.1, -0.05) is 42.5 Å². The zero-order valence-corrected chi connectivity index (χ0v) is 16.0. The van der Waals surface area contributed by atoms with Gasteiger partial charge in [-0.05, 0) is 17.7 Å². The summed E-state index contributed by atoms with van der Waals surface area (Å²) in [7, 11) is 0. The van der Waals surface area contributed by atoms with E-state index in [1.54, 1.807) is 0 Å². The maximum Gasteiger partial charge on any atom is 0.228 e. The minimum atomic E-state index is 0.679. The van der Waals surface area contributed by atoms with Gasteiger partial charge in [0.2, 0.25) is 5.95 Å². The minimum absolute atomic E-state index is 0.679. The van der Waals surface area contributed by atoms with Crippen molar-refractivity contribution >= 4 is 22.8 Å². The van der Waals surface area contributed by atoms with Crippen LogP contribution in [0.5, 0.6) is 0 Å². The van der Waals surface area contributed by atoms with Gasteiger partial charge in [-0.2, -0.15) is 4.98 Å². The number of anilines is 2. The van der Waals surface area contributed by atoms with Crippen LogP contribution < -0.4 is 10.6 Å². The van der Waals surface area contributed by atoms with Crippen molar-refractivity contribution in [2.45, 2.75) is 6.54 Å². The number of nitrogens with two attached hydrogens (primary N) is 1. The summed E-state index contributed by atoms with van der Waals surface area (Å²) in [5.74, 6) is 0.702. The Morgan fingerprint density at radius 3 is 2.59 bits per heavy atom. The van der Waals surface area contributed by atoms with Crippen LogP contribution in [0.1, 0.15) is 5.56 Å². The van der Waals surface area contributed by atoms with Crippen molar-refractivity contribution in [3.63, 3.8) is 0 Å². The van der Waals surface area contributed by atoms with Gasteiger partial charge in [0, 0.05) is 24.3 Å². The molecule has 146 valence electrons. The van der Waals surface area contributed by atoms with E-state index in [4.69, 9.17) is 20.4 Å². The Morgan fingerprint density at radius 2 is 1.79 bits per heavy atom. The number of fused-ring (bicyclic) bond motifs is 1. The van der Waals surface area contributed by atoms with E-state index in [1.807, 2.05) is 48.8 Å². The molecule has 7 heteroatoms. The molecule has 2 N–H and O–H groups in total. The maximum absolute atomic E-state index is 6.03. The molecule has 7 nitrogen and oxygen atoms in total. The smallest absolute Gasteiger partial charge is 0.228 e. The Morgan fingerprint density at radius 1 is 0.966 bits per heavy atom. The van der Waals surface area contributed by atoms with E-state index in [-0.39, 0.29) is 0 Å². The first kappa shape index (κ1) is 17.6. The van der Waals surface area contributed by atoms with Gasteiger partial charge in [-0.25, -0.2) is 9.97 Å². The molecule has 2 aromatic heterocycles. The molecule has 29 heavy (non-hydrogen) atoms. The molecule has 0 unspecified atom stereocenters. The summed E-state index contributed by atoms with van der Waals surface area (Å²) in [5, 5.41) is 0. The number of rotatable bonds is 4. The van der Waals surface area contributed by atoms with Gasteiger partial charge in [0.1, 0.15) is 11.2 Å². The average molecular weight is 386 g/mol. The van der Waals surface area contributed by atoms with Gasteiger partial charge in [0.25, 0.3) is 0 Å². The molecule has 0 spiro atoms. The average Bonchev–Trinajstić information content (AvgIpc) is 3.17. The molecular formula is C22H22N6O. The molecule has 4 aromatic rings.